The lowest BCUT2D eigenvalue weighted by Gasteiger charge is -2.18. The van der Waals surface area contributed by atoms with E-state index in [1.165, 1.54) is 5.39 Å². The highest BCUT2D eigenvalue weighted by atomic mass is 16.3. The summed E-state index contributed by atoms with van der Waals surface area (Å²) in [5, 5.41) is 8.17. The zero-order valence-electron chi connectivity index (χ0n) is 27.1. The van der Waals surface area contributed by atoms with Gasteiger partial charge in [0.05, 0.1) is 5.48 Å². The Balaban J connectivity index is 1.35. The van der Waals surface area contributed by atoms with Crippen molar-refractivity contribution in [3.05, 3.63) is 158 Å². The molecule has 0 atom stereocenters. The van der Waals surface area contributed by atoms with Crippen molar-refractivity contribution in [1.29, 1.82) is 0 Å². The molecule has 0 fully saturated rings. The normalized spacial score (nSPS) is 13.0. The standard InChI is InChI=1S/C42H26O/c1-2-11-27(12-3-1)28-15-10-16-31(23-28)41-34-17-6-8-19-36(34)42(37-20-9-7-18-35(37)41)32-21-22-33-38-24-29-13-4-5-14-30(29)25-40(38)43-39(33)26-32/h1-26H/i10D,15D,16D,23D. The summed E-state index contributed by atoms with van der Waals surface area (Å²) in [6, 6.07) is 44.2. The molecule has 0 bridgehead atoms. The van der Waals surface area contributed by atoms with E-state index >= 15 is 0 Å². The third-order valence-electron chi connectivity index (χ3n) is 8.50. The highest BCUT2D eigenvalue weighted by molar-refractivity contribution is 6.22. The van der Waals surface area contributed by atoms with E-state index in [1.807, 2.05) is 72.8 Å². The molecule has 0 amide bonds. The van der Waals surface area contributed by atoms with Crippen LogP contribution in [-0.2, 0) is 0 Å². The SMILES string of the molecule is [2H]c1c([2H])c(-c2ccccc2)c([2H])c(-c2c3ccccc3c(-c3ccc4c(c3)oc3cc5ccccc5cc34)c3ccccc23)c1[2H]. The highest BCUT2D eigenvalue weighted by Gasteiger charge is 2.18. The van der Waals surface area contributed by atoms with Crippen molar-refractivity contribution >= 4 is 54.3 Å². The third kappa shape index (κ3) is 3.79. The minimum absolute atomic E-state index is 0.0846. The molecule has 9 aromatic rings. The molecule has 1 nitrogen and oxygen atoms in total. The molecular weight excluding hydrogens is 520 g/mol. The van der Waals surface area contributed by atoms with Gasteiger partial charge in [-0.05, 0) is 96.0 Å². The molecule has 1 heterocycles. The van der Waals surface area contributed by atoms with Gasteiger partial charge in [-0.25, -0.2) is 0 Å². The Morgan fingerprint density at radius 3 is 1.65 bits per heavy atom. The Morgan fingerprint density at radius 2 is 0.953 bits per heavy atom. The Morgan fingerprint density at radius 1 is 0.395 bits per heavy atom. The second-order valence-electron chi connectivity index (χ2n) is 11.0. The Hall–Kier alpha value is -5.66. The molecule has 0 N–H and O–H groups in total. The van der Waals surface area contributed by atoms with Crippen LogP contribution in [0.4, 0.5) is 0 Å². The molecule has 1 aromatic heterocycles. The quantitative estimate of drug-likeness (QED) is 0.199. The summed E-state index contributed by atoms with van der Waals surface area (Å²) >= 11 is 0. The molecule has 9 rings (SSSR count). The van der Waals surface area contributed by atoms with E-state index in [1.54, 1.807) is 0 Å². The second kappa shape index (κ2) is 9.44. The van der Waals surface area contributed by atoms with Gasteiger partial charge >= 0.3 is 0 Å². The Labute approximate surface area is 254 Å². The van der Waals surface area contributed by atoms with Crippen LogP contribution in [0, 0.1) is 0 Å². The molecule has 0 aliphatic rings. The van der Waals surface area contributed by atoms with Crippen LogP contribution in [0.2, 0.25) is 0 Å². The zero-order valence-corrected chi connectivity index (χ0v) is 23.1. The molecular formula is C42H26O. The maximum Gasteiger partial charge on any atom is 0.136 e. The van der Waals surface area contributed by atoms with E-state index in [0.29, 0.717) is 16.7 Å². The summed E-state index contributed by atoms with van der Waals surface area (Å²) in [5.41, 5.74) is 5.86. The van der Waals surface area contributed by atoms with Gasteiger partial charge in [0.25, 0.3) is 0 Å². The first-order valence-corrected chi connectivity index (χ1v) is 14.4. The van der Waals surface area contributed by atoms with Gasteiger partial charge in [0.2, 0.25) is 0 Å². The van der Waals surface area contributed by atoms with E-state index in [2.05, 4.69) is 60.7 Å². The van der Waals surface area contributed by atoms with Crippen LogP contribution >= 0.6 is 0 Å². The van der Waals surface area contributed by atoms with Crippen molar-refractivity contribution in [3.63, 3.8) is 0 Å². The zero-order chi connectivity index (χ0) is 31.8. The fourth-order valence-corrected chi connectivity index (χ4v) is 6.54. The second-order valence-corrected chi connectivity index (χ2v) is 11.0. The minimum atomic E-state index is -0.185. The molecule has 0 spiro atoms. The van der Waals surface area contributed by atoms with Crippen LogP contribution in [0.1, 0.15) is 5.48 Å². The van der Waals surface area contributed by atoms with Gasteiger partial charge in [0.15, 0.2) is 0 Å². The van der Waals surface area contributed by atoms with Crippen molar-refractivity contribution in [2.24, 2.45) is 0 Å². The average molecular weight is 551 g/mol. The maximum atomic E-state index is 9.43. The lowest BCUT2D eigenvalue weighted by Crippen LogP contribution is -1.91. The smallest absolute Gasteiger partial charge is 0.136 e. The van der Waals surface area contributed by atoms with Crippen molar-refractivity contribution in [2.75, 3.05) is 0 Å². The van der Waals surface area contributed by atoms with Crippen molar-refractivity contribution in [3.8, 4) is 33.4 Å². The topological polar surface area (TPSA) is 13.1 Å². The first-order valence-electron chi connectivity index (χ1n) is 16.4. The lowest BCUT2D eigenvalue weighted by molar-refractivity contribution is 0.669. The number of rotatable bonds is 3. The Bertz CT molecular complexity index is 2670. The molecule has 8 aromatic carbocycles. The van der Waals surface area contributed by atoms with Crippen LogP contribution in [0.3, 0.4) is 0 Å². The van der Waals surface area contributed by atoms with Gasteiger partial charge in [-0.2, -0.15) is 0 Å². The van der Waals surface area contributed by atoms with Gasteiger partial charge in [0.1, 0.15) is 11.2 Å². The maximum absolute atomic E-state index is 9.43. The predicted molar refractivity (Wildman–Crippen MR) is 183 cm³/mol. The van der Waals surface area contributed by atoms with Gasteiger partial charge in [-0.15, -0.1) is 0 Å². The van der Waals surface area contributed by atoms with E-state index in [0.717, 1.165) is 65.6 Å². The summed E-state index contributed by atoms with van der Waals surface area (Å²) in [4.78, 5) is 0. The van der Waals surface area contributed by atoms with Crippen LogP contribution in [0.5, 0.6) is 0 Å². The number of furan rings is 1. The summed E-state index contributed by atoms with van der Waals surface area (Å²) in [7, 11) is 0. The molecule has 43 heavy (non-hydrogen) atoms. The fraction of sp³-hybridized carbons (Fsp3) is 0. The van der Waals surface area contributed by atoms with E-state index in [9.17, 15) is 1.37 Å². The fourth-order valence-electron chi connectivity index (χ4n) is 6.54. The minimum Gasteiger partial charge on any atom is -0.456 e. The molecule has 0 radical (unpaired) electrons. The molecule has 0 unspecified atom stereocenters. The molecule has 0 aliphatic carbocycles. The van der Waals surface area contributed by atoms with Crippen molar-refractivity contribution in [1.82, 2.24) is 0 Å². The molecule has 1 heteroatoms. The van der Waals surface area contributed by atoms with Gasteiger partial charge in [-0.3, -0.25) is 0 Å². The lowest BCUT2D eigenvalue weighted by atomic mass is 9.85. The van der Waals surface area contributed by atoms with Crippen LogP contribution in [0.25, 0.3) is 87.6 Å². The average Bonchev–Trinajstić information content (AvgIpc) is 3.46. The predicted octanol–water partition coefficient (Wildman–Crippen LogP) is 12.0. The van der Waals surface area contributed by atoms with Crippen LogP contribution in [0.15, 0.2) is 162 Å². The molecule has 0 saturated carbocycles. The van der Waals surface area contributed by atoms with E-state index < -0.39 is 0 Å². The Kier molecular flexibility index (Phi) is 4.45. The summed E-state index contributed by atoms with van der Waals surface area (Å²) in [5.74, 6) is 0. The number of hydrogen-bond acceptors (Lipinski definition) is 1. The van der Waals surface area contributed by atoms with Gasteiger partial charge < -0.3 is 4.42 Å². The van der Waals surface area contributed by atoms with E-state index in [4.69, 9.17) is 8.53 Å². The number of benzene rings is 8. The third-order valence-corrected chi connectivity index (χ3v) is 8.50. The first-order chi connectivity index (χ1) is 23.0. The first kappa shape index (κ1) is 20.3. The van der Waals surface area contributed by atoms with Gasteiger partial charge in [0, 0.05) is 10.8 Å². The van der Waals surface area contributed by atoms with E-state index in [-0.39, 0.29) is 24.2 Å². The molecule has 0 aliphatic heterocycles. The van der Waals surface area contributed by atoms with Crippen molar-refractivity contribution < 1.29 is 9.90 Å². The van der Waals surface area contributed by atoms with Crippen molar-refractivity contribution in [2.45, 2.75) is 0 Å². The number of fused-ring (bicyclic) bond motifs is 6. The largest absolute Gasteiger partial charge is 0.456 e. The van der Waals surface area contributed by atoms with Crippen LogP contribution < -0.4 is 0 Å². The highest BCUT2D eigenvalue weighted by Crippen LogP contribution is 2.45. The van der Waals surface area contributed by atoms with Gasteiger partial charge in [-0.1, -0.05) is 127 Å². The number of hydrogen-bond donors (Lipinski definition) is 0. The summed E-state index contributed by atoms with van der Waals surface area (Å²) in [6.45, 7) is 0. The summed E-state index contributed by atoms with van der Waals surface area (Å²) < 4.78 is 42.6. The molecule has 0 saturated heterocycles. The monoisotopic (exact) mass is 550 g/mol. The molecule has 200 valence electrons. The summed E-state index contributed by atoms with van der Waals surface area (Å²) in [6.07, 6.45) is 0. The van der Waals surface area contributed by atoms with Crippen LogP contribution in [-0.4, -0.2) is 0 Å².